The van der Waals surface area contributed by atoms with E-state index in [0.29, 0.717) is 22.5 Å². The molecule has 3 saturated carbocycles. The Balaban J connectivity index is 1.60. The Morgan fingerprint density at radius 2 is 1.83 bits per heavy atom. The van der Waals surface area contributed by atoms with E-state index in [1.807, 2.05) is 6.92 Å². The summed E-state index contributed by atoms with van der Waals surface area (Å²) in [5, 5.41) is 0. The molecule has 0 N–H and O–H groups in total. The number of hydrogen-bond donors (Lipinski definition) is 0. The van der Waals surface area contributed by atoms with Crippen LogP contribution in [0.5, 0.6) is 0 Å². The maximum Gasteiger partial charge on any atom is 0.136 e. The number of Topliss-reactive ketones (excluding diaryl/α,β-unsaturated/α-hetero) is 1. The third kappa shape index (κ3) is 3.65. The average Bonchev–Trinajstić information content (AvgIpc) is 3.03. The number of ketones is 1. The Labute approximate surface area is 186 Å². The highest BCUT2D eigenvalue weighted by atomic mass is 16.1. The van der Waals surface area contributed by atoms with Gasteiger partial charge in [0.05, 0.1) is 0 Å². The number of fused-ring (bicyclic) bond motifs is 5. The fourth-order valence-electron chi connectivity index (χ4n) is 8.91. The fourth-order valence-corrected chi connectivity index (χ4v) is 8.91. The molecule has 1 heteroatoms. The van der Waals surface area contributed by atoms with Gasteiger partial charge in [0.25, 0.3) is 0 Å². The quantitative estimate of drug-likeness (QED) is 0.404. The van der Waals surface area contributed by atoms with Crippen molar-refractivity contribution in [1.82, 2.24) is 0 Å². The van der Waals surface area contributed by atoms with Crippen LogP contribution < -0.4 is 0 Å². The van der Waals surface area contributed by atoms with Crippen LogP contribution in [0.2, 0.25) is 0 Å². The van der Waals surface area contributed by atoms with Crippen LogP contribution in [0.3, 0.4) is 0 Å². The van der Waals surface area contributed by atoms with Crippen LogP contribution in [0.1, 0.15) is 106 Å². The van der Waals surface area contributed by atoms with Gasteiger partial charge in [-0.3, -0.25) is 4.79 Å². The zero-order chi connectivity index (χ0) is 21.7. The van der Waals surface area contributed by atoms with E-state index in [9.17, 15) is 4.79 Å². The van der Waals surface area contributed by atoms with Crippen LogP contribution >= 0.6 is 0 Å². The van der Waals surface area contributed by atoms with Gasteiger partial charge < -0.3 is 0 Å². The van der Waals surface area contributed by atoms with Crippen LogP contribution in [-0.4, -0.2) is 5.78 Å². The molecule has 169 valence electrons. The lowest BCUT2D eigenvalue weighted by molar-refractivity contribution is -0.129. The van der Waals surface area contributed by atoms with Gasteiger partial charge in [0.2, 0.25) is 0 Å². The Kier molecular flexibility index (Phi) is 6.33. The molecule has 0 aromatic rings. The zero-order valence-corrected chi connectivity index (χ0v) is 20.7. The van der Waals surface area contributed by atoms with Crippen molar-refractivity contribution in [2.75, 3.05) is 0 Å². The van der Waals surface area contributed by atoms with Gasteiger partial charge in [-0.15, -0.1) is 0 Å². The molecule has 0 heterocycles. The molecule has 0 aromatic carbocycles. The lowest BCUT2D eigenvalue weighted by Crippen LogP contribution is -2.53. The van der Waals surface area contributed by atoms with Crippen molar-refractivity contribution in [2.24, 2.45) is 52.3 Å². The Bertz CT molecular complexity index is 674. The highest BCUT2D eigenvalue weighted by molar-refractivity contribution is 5.81. The van der Waals surface area contributed by atoms with E-state index in [1.54, 1.807) is 5.57 Å². The first kappa shape index (κ1) is 22.6. The minimum absolute atomic E-state index is 0.184. The molecule has 0 aliphatic heterocycles. The van der Waals surface area contributed by atoms with E-state index < -0.39 is 0 Å². The van der Waals surface area contributed by atoms with Crippen molar-refractivity contribution >= 4 is 5.78 Å². The van der Waals surface area contributed by atoms with E-state index in [4.69, 9.17) is 0 Å². The summed E-state index contributed by atoms with van der Waals surface area (Å²) in [6.45, 7) is 14.3. The van der Waals surface area contributed by atoms with Crippen molar-refractivity contribution in [1.29, 1.82) is 0 Å². The van der Waals surface area contributed by atoms with E-state index >= 15 is 0 Å². The first-order valence-corrected chi connectivity index (χ1v) is 13.2. The molecule has 0 amide bonds. The first-order valence-electron chi connectivity index (χ1n) is 13.2. The highest BCUT2D eigenvalue weighted by Gasteiger charge is 2.61. The summed E-state index contributed by atoms with van der Waals surface area (Å²) >= 11 is 0. The van der Waals surface area contributed by atoms with E-state index in [2.05, 4.69) is 47.1 Å². The molecule has 0 spiro atoms. The second kappa shape index (κ2) is 8.40. The molecule has 0 bridgehead atoms. The summed E-state index contributed by atoms with van der Waals surface area (Å²) in [6.07, 6.45) is 18.3. The molecular weight excluding hydrogens is 364 g/mol. The monoisotopic (exact) mass is 411 g/mol. The van der Waals surface area contributed by atoms with E-state index in [-0.39, 0.29) is 5.92 Å². The van der Waals surface area contributed by atoms with Crippen LogP contribution in [0, 0.1) is 58.7 Å². The number of allylic oxidation sites excluding steroid dienone is 2. The second-order valence-electron chi connectivity index (χ2n) is 12.6. The van der Waals surface area contributed by atoms with Crippen LogP contribution in [-0.2, 0) is 4.79 Å². The Morgan fingerprint density at radius 1 is 1.07 bits per heavy atom. The van der Waals surface area contributed by atoms with Gasteiger partial charge in [-0.2, -0.15) is 0 Å². The average molecular weight is 412 g/mol. The lowest BCUT2D eigenvalue weighted by atomic mass is 9.45. The molecule has 0 aromatic heterocycles. The minimum Gasteiger partial charge on any atom is -0.299 e. The molecule has 4 aliphatic rings. The molecule has 0 unspecified atom stereocenters. The predicted molar refractivity (Wildman–Crippen MR) is 127 cm³/mol. The van der Waals surface area contributed by atoms with Crippen LogP contribution in [0.4, 0.5) is 0 Å². The summed E-state index contributed by atoms with van der Waals surface area (Å²) in [5.74, 6) is 5.22. The number of rotatable bonds is 6. The van der Waals surface area contributed by atoms with Gasteiger partial charge in [-0.05, 0) is 105 Å². The normalized spacial score (nSPS) is 44.1. The second-order valence-corrected chi connectivity index (χ2v) is 12.6. The van der Waals surface area contributed by atoms with Gasteiger partial charge in [0.1, 0.15) is 5.78 Å². The lowest BCUT2D eigenvalue weighted by Gasteiger charge is -2.59. The highest BCUT2D eigenvalue weighted by Crippen LogP contribution is 2.68. The maximum absolute atomic E-state index is 12.9. The molecule has 3 fully saturated rings. The van der Waals surface area contributed by atoms with Gasteiger partial charge >= 0.3 is 0 Å². The van der Waals surface area contributed by atoms with Gasteiger partial charge in [0.15, 0.2) is 0 Å². The number of hydrogen-bond acceptors (Lipinski definition) is 1. The Morgan fingerprint density at radius 3 is 2.53 bits per heavy atom. The van der Waals surface area contributed by atoms with E-state index in [0.717, 1.165) is 36.0 Å². The molecule has 4 aliphatic carbocycles. The van der Waals surface area contributed by atoms with Crippen molar-refractivity contribution < 1.29 is 4.79 Å². The third-order valence-corrected chi connectivity index (χ3v) is 10.6. The minimum atomic E-state index is 0.184. The SMILES string of the molecule is CC(=O)[C@H]1C=C2C[CH]CC[C@]2(C)[C@H]2CC[C@]3(C)[C@@H]([C@H](C)CCCC(C)C)CC[C@H]3[C@H]12. The number of carbonyl (C=O) groups is 1. The van der Waals surface area contributed by atoms with Crippen LogP contribution in [0.15, 0.2) is 11.6 Å². The zero-order valence-electron chi connectivity index (χ0n) is 20.7. The van der Waals surface area contributed by atoms with Crippen LogP contribution in [0.25, 0.3) is 0 Å². The molecule has 1 nitrogen and oxygen atoms in total. The standard InChI is InChI=1S/C29H47O/c1-19(2)10-9-11-20(3)24-13-14-25-27-23(21(4)30)18-22-12-7-8-16-28(22,5)26(27)15-17-29(24,25)6/h7,18-20,23-27H,8-17H2,1-6H3/t20-,23-,24-,25+,26+,27+,28+,29-/m1/s1. The summed E-state index contributed by atoms with van der Waals surface area (Å²) in [5.41, 5.74) is 2.41. The van der Waals surface area contributed by atoms with Crippen molar-refractivity contribution in [3.05, 3.63) is 18.1 Å². The molecule has 8 atom stereocenters. The maximum atomic E-state index is 12.9. The largest absolute Gasteiger partial charge is 0.299 e. The fraction of sp³-hybridized carbons (Fsp3) is 0.862. The molecular formula is C29H47O. The van der Waals surface area contributed by atoms with Crippen molar-refractivity contribution in [3.8, 4) is 0 Å². The van der Waals surface area contributed by atoms with Gasteiger partial charge in [-0.1, -0.05) is 65.5 Å². The molecule has 0 saturated heterocycles. The predicted octanol–water partition coefficient (Wildman–Crippen LogP) is 8.05. The molecule has 30 heavy (non-hydrogen) atoms. The molecule has 1 radical (unpaired) electrons. The number of carbonyl (C=O) groups excluding carboxylic acids is 1. The van der Waals surface area contributed by atoms with Crippen molar-refractivity contribution in [3.63, 3.8) is 0 Å². The smallest absolute Gasteiger partial charge is 0.136 e. The topological polar surface area (TPSA) is 17.1 Å². The summed E-state index contributed by atoms with van der Waals surface area (Å²) < 4.78 is 0. The third-order valence-electron chi connectivity index (χ3n) is 10.6. The van der Waals surface area contributed by atoms with Crippen molar-refractivity contribution in [2.45, 2.75) is 106 Å². The summed E-state index contributed by atoms with van der Waals surface area (Å²) in [7, 11) is 0. The van der Waals surface area contributed by atoms with Gasteiger partial charge in [-0.25, -0.2) is 0 Å². The van der Waals surface area contributed by atoms with Gasteiger partial charge in [0, 0.05) is 5.92 Å². The van der Waals surface area contributed by atoms with E-state index in [1.165, 1.54) is 57.8 Å². The molecule has 4 rings (SSSR count). The summed E-state index contributed by atoms with van der Waals surface area (Å²) in [6, 6.07) is 0. The first-order chi connectivity index (χ1) is 14.2. The summed E-state index contributed by atoms with van der Waals surface area (Å²) in [4.78, 5) is 12.9. The Hall–Kier alpha value is -0.590.